The minimum Gasteiger partial charge on any atom is -0.497 e. The fraction of sp³-hybridized carbons (Fsp3) is 0.381. The third-order valence-corrected chi connectivity index (χ3v) is 4.72. The number of fused-ring (bicyclic) bond motifs is 1. The van der Waals surface area contributed by atoms with Crippen molar-refractivity contribution < 1.29 is 28.3 Å². The van der Waals surface area contributed by atoms with Gasteiger partial charge < -0.3 is 24.5 Å². The minimum absolute atomic E-state index is 0.0356. The van der Waals surface area contributed by atoms with Crippen molar-refractivity contribution >= 4 is 28.6 Å². The van der Waals surface area contributed by atoms with Gasteiger partial charge in [0.2, 0.25) is 5.91 Å². The predicted molar refractivity (Wildman–Crippen MR) is 106 cm³/mol. The summed E-state index contributed by atoms with van der Waals surface area (Å²) in [6, 6.07) is 5.14. The lowest BCUT2D eigenvalue weighted by atomic mass is 10.1. The van der Waals surface area contributed by atoms with E-state index in [1.807, 2.05) is 0 Å². The summed E-state index contributed by atoms with van der Waals surface area (Å²) < 4.78 is 16.0. The van der Waals surface area contributed by atoms with Crippen LogP contribution < -0.4 is 15.4 Å². The normalized spacial score (nSPS) is 19.8. The molecule has 0 bridgehead atoms. The first kappa shape index (κ1) is 20.6. The summed E-state index contributed by atoms with van der Waals surface area (Å²) in [4.78, 5) is 37.3. The molecule has 8 nitrogen and oxygen atoms in total. The molecule has 2 unspecified atom stereocenters. The summed E-state index contributed by atoms with van der Waals surface area (Å²) in [5.74, 6) is -0.500. The van der Waals surface area contributed by atoms with Gasteiger partial charge in [-0.3, -0.25) is 14.4 Å². The molecule has 1 aliphatic rings. The maximum atomic E-state index is 12.7. The molecule has 2 amide bonds. The Morgan fingerprint density at radius 3 is 2.72 bits per heavy atom. The number of hydrogen-bond acceptors (Lipinski definition) is 6. The van der Waals surface area contributed by atoms with E-state index in [9.17, 15) is 14.4 Å². The van der Waals surface area contributed by atoms with E-state index in [0.717, 1.165) is 0 Å². The van der Waals surface area contributed by atoms with E-state index < -0.39 is 30.0 Å². The lowest BCUT2D eigenvalue weighted by Crippen LogP contribution is -2.53. The van der Waals surface area contributed by atoms with Gasteiger partial charge in [0, 0.05) is 5.39 Å². The Morgan fingerprint density at radius 2 is 2.10 bits per heavy atom. The Balaban J connectivity index is 1.75. The number of nitrogens with one attached hydrogen (secondary N) is 2. The lowest BCUT2D eigenvalue weighted by molar-refractivity contribution is -0.127. The second-order valence-electron chi connectivity index (χ2n) is 7.17. The zero-order valence-corrected chi connectivity index (χ0v) is 16.6. The van der Waals surface area contributed by atoms with Crippen LogP contribution in [0.3, 0.4) is 0 Å². The van der Waals surface area contributed by atoms with Crippen LogP contribution in [0.1, 0.15) is 30.8 Å². The summed E-state index contributed by atoms with van der Waals surface area (Å²) in [5, 5.41) is 6.04. The van der Waals surface area contributed by atoms with E-state index in [2.05, 4.69) is 17.2 Å². The molecular formula is C21H24N2O6. The summed E-state index contributed by atoms with van der Waals surface area (Å²) in [6.45, 7) is 7.25. The highest BCUT2D eigenvalue weighted by atomic mass is 16.5. The summed E-state index contributed by atoms with van der Waals surface area (Å²) in [5.41, 5.74) is 1.24. The Hall–Kier alpha value is -3.13. The topological polar surface area (TPSA) is 107 Å². The van der Waals surface area contributed by atoms with Gasteiger partial charge in [-0.1, -0.05) is 5.57 Å². The third-order valence-electron chi connectivity index (χ3n) is 4.72. The van der Waals surface area contributed by atoms with Crippen LogP contribution in [0.15, 0.2) is 40.8 Å². The van der Waals surface area contributed by atoms with Gasteiger partial charge in [-0.05, 0) is 44.5 Å². The number of ether oxygens (including phenoxy) is 2. The van der Waals surface area contributed by atoms with Crippen LogP contribution in [-0.4, -0.2) is 49.5 Å². The number of benzene rings is 1. The molecule has 0 saturated carbocycles. The zero-order valence-electron chi connectivity index (χ0n) is 16.6. The summed E-state index contributed by atoms with van der Waals surface area (Å²) >= 11 is 0. The van der Waals surface area contributed by atoms with E-state index in [1.54, 1.807) is 45.2 Å². The molecule has 8 heteroatoms. The fourth-order valence-corrected chi connectivity index (χ4v) is 3.16. The highest BCUT2D eigenvalue weighted by Crippen LogP contribution is 2.24. The van der Waals surface area contributed by atoms with Crippen molar-refractivity contribution in [3.8, 4) is 5.75 Å². The summed E-state index contributed by atoms with van der Waals surface area (Å²) in [6.07, 6.45) is -0.195. The van der Waals surface area contributed by atoms with E-state index in [1.165, 1.54) is 0 Å². The quantitative estimate of drug-likeness (QED) is 0.689. The van der Waals surface area contributed by atoms with E-state index >= 15 is 0 Å². The zero-order chi connectivity index (χ0) is 21.1. The average Bonchev–Trinajstić information content (AvgIpc) is 3.24. The number of methoxy groups -OCH3 is 1. The van der Waals surface area contributed by atoms with Gasteiger partial charge in [-0.25, -0.2) is 0 Å². The summed E-state index contributed by atoms with van der Waals surface area (Å²) in [7, 11) is 1.55. The van der Waals surface area contributed by atoms with Crippen LogP contribution >= 0.6 is 0 Å². The molecule has 0 spiro atoms. The lowest BCUT2D eigenvalue weighted by Gasteiger charge is -2.21. The number of rotatable bonds is 7. The van der Waals surface area contributed by atoms with Crippen LogP contribution in [-0.2, 0) is 14.3 Å². The molecule has 154 valence electrons. The van der Waals surface area contributed by atoms with Crippen LogP contribution in [0.25, 0.3) is 11.0 Å². The first-order valence-corrected chi connectivity index (χ1v) is 9.26. The van der Waals surface area contributed by atoms with E-state index in [4.69, 9.17) is 13.9 Å². The first-order chi connectivity index (χ1) is 13.8. The standard InChI is InChI=1S/C21H24N2O6/c1-11(2)7-15(20(25)23-19-12(3)28-10-16(19)24)22-21(26)18-9-13-8-14(27-4)5-6-17(13)29-18/h5-6,8-9,12,15,19H,1,7,10H2,2-4H3,(H,22,26)(H,23,25)/t12-,15?,19?/m1/s1. The minimum atomic E-state index is -0.900. The number of ketones is 1. The molecule has 3 atom stereocenters. The van der Waals surface area contributed by atoms with Gasteiger partial charge in [0.15, 0.2) is 11.5 Å². The molecule has 29 heavy (non-hydrogen) atoms. The number of furan rings is 1. The maximum Gasteiger partial charge on any atom is 0.287 e. The van der Waals surface area contributed by atoms with Gasteiger partial charge in [0.05, 0.1) is 13.2 Å². The van der Waals surface area contributed by atoms with Crippen LogP contribution in [0.2, 0.25) is 0 Å². The van der Waals surface area contributed by atoms with Gasteiger partial charge in [0.25, 0.3) is 5.91 Å². The first-order valence-electron chi connectivity index (χ1n) is 9.26. The average molecular weight is 400 g/mol. The van der Waals surface area contributed by atoms with Crippen molar-refractivity contribution in [3.63, 3.8) is 0 Å². The highest BCUT2D eigenvalue weighted by Gasteiger charge is 2.35. The Bertz CT molecular complexity index is 963. The molecule has 0 radical (unpaired) electrons. The second-order valence-corrected chi connectivity index (χ2v) is 7.17. The van der Waals surface area contributed by atoms with Crippen LogP contribution in [0, 0.1) is 0 Å². The molecule has 2 aromatic rings. The molecule has 2 heterocycles. The molecule has 3 rings (SSSR count). The molecule has 1 aromatic heterocycles. The number of Topliss-reactive ketones (excluding diaryl/α,β-unsaturated/α-hetero) is 1. The van der Waals surface area contributed by atoms with E-state index in [0.29, 0.717) is 22.3 Å². The van der Waals surface area contributed by atoms with Crippen molar-refractivity contribution in [2.75, 3.05) is 13.7 Å². The molecule has 2 N–H and O–H groups in total. The monoisotopic (exact) mass is 400 g/mol. The van der Waals surface area contributed by atoms with Crippen molar-refractivity contribution in [3.05, 3.63) is 42.2 Å². The molecular weight excluding hydrogens is 376 g/mol. The molecule has 1 aliphatic heterocycles. The molecule has 1 saturated heterocycles. The SMILES string of the molecule is C=C(C)CC(NC(=O)c1cc2cc(OC)ccc2o1)C(=O)NC1C(=O)CO[C@@H]1C. The number of carbonyl (C=O) groups is 3. The fourth-order valence-electron chi connectivity index (χ4n) is 3.16. The largest absolute Gasteiger partial charge is 0.497 e. The number of hydrogen-bond donors (Lipinski definition) is 2. The van der Waals surface area contributed by atoms with Crippen molar-refractivity contribution in [2.24, 2.45) is 0 Å². The van der Waals surface area contributed by atoms with Gasteiger partial charge >= 0.3 is 0 Å². The number of amides is 2. The molecule has 0 aliphatic carbocycles. The van der Waals surface area contributed by atoms with Crippen molar-refractivity contribution in [1.29, 1.82) is 0 Å². The second kappa shape index (κ2) is 8.48. The highest BCUT2D eigenvalue weighted by molar-refractivity contribution is 6.00. The Kier molecular flexibility index (Phi) is 6.03. The smallest absolute Gasteiger partial charge is 0.287 e. The van der Waals surface area contributed by atoms with Gasteiger partial charge in [-0.15, -0.1) is 6.58 Å². The molecule has 1 fully saturated rings. The van der Waals surface area contributed by atoms with Gasteiger partial charge in [0.1, 0.15) is 30.0 Å². The maximum absolute atomic E-state index is 12.7. The Labute approximate surface area is 168 Å². The van der Waals surface area contributed by atoms with Crippen LogP contribution in [0.4, 0.5) is 0 Å². The Morgan fingerprint density at radius 1 is 1.34 bits per heavy atom. The van der Waals surface area contributed by atoms with E-state index in [-0.39, 0.29) is 24.6 Å². The third kappa shape index (κ3) is 4.65. The van der Waals surface area contributed by atoms with Crippen LogP contribution in [0.5, 0.6) is 5.75 Å². The van der Waals surface area contributed by atoms with Gasteiger partial charge in [-0.2, -0.15) is 0 Å². The van der Waals surface area contributed by atoms with Crippen molar-refractivity contribution in [1.82, 2.24) is 10.6 Å². The predicted octanol–water partition coefficient (Wildman–Crippen LogP) is 1.98. The van der Waals surface area contributed by atoms with Crippen molar-refractivity contribution in [2.45, 2.75) is 38.5 Å². The number of carbonyl (C=O) groups excluding carboxylic acids is 3. The molecule has 1 aromatic carbocycles.